The van der Waals surface area contributed by atoms with Gasteiger partial charge in [0.15, 0.2) is 0 Å². The summed E-state index contributed by atoms with van der Waals surface area (Å²) in [6.45, 7) is 0. The van der Waals surface area contributed by atoms with Crippen LogP contribution >= 0.6 is 41.1 Å². The predicted molar refractivity (Wildman–Crippen MR) is 84.9 cm³/mol. The van der Waals surface area contributed by atoms with Crippen molar-refractivity contribution in [2.24, 2.45) is 0 Å². The number of nitrogens with one attached hydrogen (secondary N) is 1. The van der Waals surface area contributed by atoms with Crippen molar-refractivity contribution in [2.45, 2.75) is 3.53 Å². The van der Waals surface area contributed by atoms with Gasteiger partial charge < -0.3 is 9.82 Å². The Balaban J connectivity index is 3.01. The summed E-state index contributed by atoms with van der Waals surface area (Å²) in [6, 6.07) is 7.30. The van der Waals surface area contributed by atoms with Crippen LogP contribution in [-0.4, -0.2) is 29.4 Å². The van der Waals surface area contributed by atoms with E-state index in [-0.39, 0.29) is 0 Å². The summed E-state index contributed by atoms with van der Waals surface area (Å²) in [6.07, 6.45) is -2.55. The van der Waals surface area contributed by atoms with Crippen molar-refractivity contribution >= 4 is 58.6 Å². The number of ether oxygens (including phenoxy) is 1. The number of hydrogen-bond donors (Lipinski definition) is 1. The van der Waals surface area contributed by atoms with Crippen LogP contribution in [0.15, 0.2) is 24.3 Å². The fraction of sp³-hybridized carbons (Fsp3) is 0.400. The van der Waals surface area contributed by atoms with Crippen LogP contribution in [0, 0.1) is 0 Å². The van der Waals surface area contributed by atoms with E-state index >= 15 is 0 Å². The monoisotopic (exact) mass is 346 g/mol. The molecule has 0 spiro atoms. The quantitative estimate of drug-likeness (QED) is 0.648. The Morgan fingerprint density at radius 3 is 2.06 bits per heavy atom. The molecule has 0 aliphatic carbocycles. The number of halogens is 3. The zero-order chi connectivity index (χ0) is 14.0. The highest BCUT2D eigenvalue weighted by Crippen LogP contribution is 2.65. The molecule has 0 saturated heterocycles. The third kappa shape index (κ3) is 3.66. The molecule has 1 aromatic rings. The third-order valence-electron chi connectivity index (χ3n) is 2.28. The van der Waals surface area contributed by atoms with Crippen LogP contribution in [0.3, 0.4) is 0 Å². The topological polar surface area (TPSA) is 24.5 Å². The van der Waals surface area contributed by atoms with E-state index in [0.717, 1.165) is 11.4 Å². The molecule has 8 heteroatoms. The van der Waals surface area contributed by atoms with Crippen LogP contribution in [0.2, 0.25) is 0 Å². The van der Waals surface area contributed by atoms with E-state index in [1.807, 2.05) is 24.3 Å². The molecule has 0 bridgehead atoms. The molecule has 0 radical (unpaired) electrons. The molecule has 18 heavy (non-hydrogen) atoms. The number of nitrogens with zero attached hydrogens (tertiary/aromatic N) is 1. The van der Waals surface area contributed by atoms with Gasteiger partial charge in [-0.15, -0.1) is 0 Å². The molecule has 0 saturated carbocycles. The van der Waals surface area contributed by atoms with Gasteiger partial charge in [-0.1, -0.05) is 46.6 Å². The lowest BCUT2D eigenvalue weighted by Crippen LogP contribution is -2.24. The van der Waals surface area contributed by atoms with Gasteiger partial charge >= 0.3 is 0 Å². The van der Waals surface area contributed by atoms with Crippen molar-refractivity contribution in [2.75, 3.05) is 26.3 Å². The van der Waals surface area contributed by atoms with Crippen molar-refractivity contribution in [1.82, 2.24) is 4.67 Å². The van der Waals surface area contributed by atoms with Gasteiger partial charge in [0.05, 0.1) is 7.11 Å². The first kappa shape index (κ1) is 16.4. The molecule has 0 unspecified atom stereocenters. The Labute approximate surface area is 127 Å². The van der Waals surface area contributed by atoms with Crippen molar-refractivity contribution < 1.29 is 4.74 Å². The fourth-order valence-electron chi connectivity index (χ4n) is 1.23. The van der Waals surface area contributed by atoms with E-state index in [2.05, 4.69) is 5.09 Å². The summed E-state index contributed by atoms with van der Waals surface area (Å²) in [4.78, 5) is 0. The fourth-order valence-corrected chi connectivity index (χ4v) is 4.57. The van der Waals surface area contributed by atoms with Gasteiger partial charge in [-0.3, -0.25) is 4.67 Å². The van der Waals surface area contributed by atoms with Crippen LogP contribution in [0.4, 0.5) is 5.69 Å². The normalized spacial score (nSPS) is 15.3. The maximum absolute atomic E-state index is 5.99. The maximum atomic E-state index is 5.99. The van der Waals surface area contributed by atoms with E-state index in [9.17, 15) is 0 Å². The van der Waals surface area contributed by atoms with E-state index in [1.165, 1.54) is 0 Å². The second-order valence-corrected chi connectivity index (χ2v) is 11.2. The molecule has 1 rings (SSSR count). The zero-order valence-electron chi connectivity index (χ0n) is 10.2. The molecule has 0 amide bonds. The summed E-state index contributed by atoms with van der Waals surface area (Å²) in [5, 5.41) is 3.15. The minimum atomic E-state index is -2.55. The Hall–Kier alpha value is 0.300. The summed E-state index contributed by atoms with van der Waals surface area (Å²) >= 11 is 23.5. The van der Waals surface area contributed by atoms with Crippen molar-refractivity contribution in [3.8, 4) is 5.75 Å². The van der Waals surface area contributed by atoms with Crippen LogP contribution in [-0.2, 0) is 11.8 Å². The maximum Gasteiger partial charge on any atom is 0.248 e. The first-order valence-corrected chi connectivity index (χ1v) is 8.86. The number of rotatable bonds is 4. The Morgan fingerprint density at radius 2 is 1.72 bits per heavy atom. The van der Waals surface area contributed by atoms with Gasteiger partial charge in [-0.05, 0) is 38.4 Å². The van der Waals surface area contributed by atoms with Gasteiger partial charge in [-0.25, -0.2) is 0 Å². The van der Waals surface area contributed by atoms with E-state index in [1.54, 1.807) is 25.9 Å². The highest BCUT2D eigenvalue weighted by molar-refractivity contribution is 8.16. The Kier molecular flexibility index (Phi) is 5.60. The molecular formula is C10H14Cl3N2OPS. The smallest absolute Gasteiger partial charge is 0.248 e. The molecular weight excluding hydrogens is 334 g/mol. The Bertz CT molecular complexity index is 447. The molecule has 1 N–H and O–H groups in total. The molecule has 1 aromatic carbocycles. The number of anilines is 1. The standard InChI is InChI=1S/C10H14Cl3N2OPS/c1-15(2)17(18,10(11,12)13)14-8-4-6-9(16-3)7-5-8/h4-7H,1-3H3,(H,14,18)/t17-/m0/s1. The van der Waals surface area contributed by atoms with Crippen LogP contribution in [0.5, 0.6) is 5.75 Å². The van der Waals surface area contributed by atoms with E-state index in [0.29, 0.717) is 0 Å². The summed E-state index contributed by atoms with van der Waals surface area (Å²) in [5.74, 6) is 0.757. The Morgan fingerprint density at radius 1 is 1.22 bits per heavy atom. The van der Waals surface area contributed by atoms with Gasteiger partial charge in [0.1, 0.15) is 12.1 Å². The number of benzene rings is 1. The highest BCUT2D eigenvalue weighted by atomic mass is 35.6. The molecule has 0 heterocycles. The van der Waals surface area contributed by atoms with Crippen LogP contribution in [0.25, 0.3) is 0 Å². The average Bonchev–Trinajstić information content (AvgIpc) is 2.28. The minimum absolute atomic E-state index is 0.757. The van der Waals surface area contributed by atoms with Crippen molar-refractivity contribution in [3.05, 3.63) is 24.3 Å². The first-order valence-electron chi connectivity index (χ1n) is 4.97. The van der Waals surface area contributed by atoms with Gasteiger partial charge in [-0.2, -0.15) is 0 Å². The number of methoxy groups -OCH3 is 1. The lowest BCUT2D eigenvalue weighted by Gasteiger charge is -2.35. The van der Waals surface area contributed by atoms with E-state index < -0.39 is 9.87 Å². The molecule has 0 aliphatic heterocycles. The van der Waals surface area contributed by atoms with Crippen molar-refractivity contribution in [1.29, 1.82) is 0 Å². The SMILES string of the molecule is COc1ccc(N[P@](=S)(N(C)C)C(Cl)(Cl)Cl)cc1. The van der Waals surface area contributed by atoms with Gasteiger partial charge in [0.2, 0.25) is 3.53 Å². The van der Waals surface area contributed by atoms with Gasteiger partial charge in [0.25, 0.3) is 0 Å². The third-order valence-corrected chi connectivity index (χ3v) is 9.83. The molecule has 3 nitrogen and oxygen atoms in total. The number of alkyl halides is 3. The highest BCUT2D eigenvalue weighted by Gasteiger charge is 2.41. The zero-order valence-corrected chi connectivity index (χ0v) is 14.1. The van der Waals surface area contributed by atoms with Gasteiger partial charge in [0, 0.05) is 5.69 Å². The van der Waals surface area contributed by atoms with E-state index in [4.69, 9.17) is 51.3 Å². The molecule has 0 fully saturated rings. The summed E-state index contributed by atoms with van der Waals surface area (Å²) in [7, 11) is 5.19. The second kappa shape index (κ2) is 6.17. The molecule has 1 atom stereocenters. The second-order valence-electron chi connectivity index (χ2n) is 3.73. The minimum Gasteiger partial charge on any atom is -0.497 e. The van der Waals surface area contributed by atoms with Crippen molar-refractivity contribution in [3.63, 3.8) is 0 Å². The molecule has 102 valence electrons. The van der Waals surface area contributed by atoms with Crippen LogP contribution in [0.1, 0.15) is 0 Å². The summed E-state index contributed by atoms with van der Waals surface area (Å²) < 4.78 is 5.28. The average molecular weight is 348 g/mol. The largest absolute Gasteiger partial charge is 0.497 e. The lowest BCUT2D eigenvalue weighted by atomic mass is 10.3. The molecule has 0 aromatic heterocycles. The number of hydrogen-bond acceptors (Lipinski definition) is 2. The first-order chi connectivity index (χ1) is 8.20. The molecule has 0 aliphatic rings. The van der Waals surface area contributed by atoms with Crippen LogP contribution < -0.4 is 9.82 Å². The predicted octanol–water partition coefficient (Wildman–Crippen LogP) is 4.31. The summed E-state index contributed by atoms with van der Waals surface area (Å²) in [5.41, 5.74) is 0.791. The lowest BCUT2D eigenvalue weighted by molar-refractivity contribution is 0.415.